The summed E-state index contributed by atoms with van der Waals surface area (Å²) in [5.74, 6) is 1.04. The number of hydrogen-bond acceptors (Lipinski definition) is 1. The van der Waals surface area contributed by atoms with Crippen LogP contribution in [0.5, 0.6) is 0 Å². The van der Waals surface area contributed by atoms with Gasteiger partial charge in [0.25, 0.3) is 11.7 Å². The highest BCUT2D eigenvalue weighted by atomic mass is 35.5. The van der Waals surface area contributed by atoms with E-state index >= 15 is 0 Å². The third kappa shape index (κ3) is 4.31. The predicted molar refractivity (Wildman–Crippen MR) is 108 cm³/mol. The van der Waals surface area contributed by atoms with Gasteiger partial charge in [-0.05, 0) is 42.8 Å². The fraction of sp³-hybridized carbons (Fsp3) is 0.200. The van der Waals surface area contributed by atoms with Crippen LogP contribution in [-0.4, -0.2) is 10.5 Å². The maximum absolute atomic E-state index is 12.5. The monoisotopic (exact) mass is 455 g/mol. The van der Waals surface area contributed by atoms with E-state index in [1.54, 1.807) is 18.2 Å². The Morgan fingerprint density at radius 1 is 1.11 bits per heavy atom. The zero-order valence-corrected chi connectivity index (χ0v) is 17.8. The first kappa shape index (κ1) is 21.0. The fourth-order valence-electron chi connectivity index (χ4n) is 3.45. The highest BCUT2D eigenvalue weighted by molar-refractivity contribution is 6.42. The van der Waals surface area contributed by atoms with E-state index in [9.17, 15) is 4.79 Å². The number of aromatic nitrogens is 2. The standard InChI is InChI=1S/C20H16Cl3N3O.ClH/c21-14-3-1-4-15(10-14)24-19(27)12-25-11-18(26-8-2-5-20(25)26)13-6-7-16(22)17(23)9-13;/h1,3-4,6-7,9-11H,2,5,8,12H2;1H. The molecule has 8 heteroatoms. The molecule has 0 saturated heterocycles. The molecule has 1 aliphatic heterocycles. The number of imidazole rings is 1. The largest absolute Gasteiger partial charge is 1.00 e. The van der Waals surface area contributed by atoms with Crippen LogP contribution in [-0.2, 0) is 24.3 Å². The molecular weight excluding hydrogens is 440 g/mol. The fourth-order valence-corrected chi connectivity index (χ4v) is 3.94. The number of carbonyl (C=O) groups is 1. The summed E-state index contributed by atoms with van der Waals surface area (Å²) in [5.41, 5.74) is 2.71. The van der Waals surface area contributed by atoms with E-state index in [0.29, 0.717) is 20.8 Å². The van der Waals surface area contributed by atoms with Crippen molar-refractivity contribution in [2.75, 3.05) is 5.32 Å². The number of nitrogens with zero attached hydrogens (tertiary/aromatic N) is 2. The molecule has 0 atom stereocenters. The summed E-state index contributed by atoms with van der Waals surface area (Å²) < 4.78 is 4.25. The number of nitrogens with one attached hydrogen (secondary N) is 1. The van der Waals surface area contributed by atoms with Gasteiger partial charge < -0.3 is 17.7 Å². The maximum atomic E-state index is 12.5. The van der Waals surface area contributed by atoms with Crippen LogP contribution < -0.4 is 22.3 Å². The van der Waals surface area contributed by atoms with Crippen molar-refractivity contribution in [3.63, 3.8) is 0 Å². The molecule has 0 spiro atoms. The van der Waals surface area contributed by atoms with Crippen molar-refractivity contribution in [1.29, 1.82) is 0 Å². The van der Waals surface area contributed by atoms with Gasteiger partial charge in [0.05, 0.1) is 23.0 Å². The second-order valence-corrected chi connectivity index (χ2v) is 7.75. The SMILES string of the molecule is O=C(C[n+]1cc(-c2ccc(Cl)c(Cl)c2)n2c1CCC2)Nc1cccc(Cl)c1.[Cl-]. The lowest BCUT2D eigenvalue weighted by molar-refractivity contribution is -0.690. The molecule has 0 saturated carbocycles. The molecule has 0 aliphatic carbocycles. The lowest BCUT2D eigenvalue weighted by atomic mass is 10.1. The first-order valence-electron chi connectivity index (χ1n) is 8.64. The Morgan fingerprint density at radius 3 is 2.68 bits per heavy atom. The van der Waals surface area contributed by atoms with Crippen molar-refractivity contribution < 1.29 is 21.8 Å². The molecule has 0 bridgehead atoms. The Balaban J connectivity index is 0.00000225. The van der Waals surface area contributed by atoms with E-state index in [1.807, 2.05) is 35.0 Å². The molecule has 0 unspecified atom stereocenters. The zero-order chi connectivity index (χ0) is 19.0. The summed E-state index contributed by atoms with van der Waals surface area (Å²) in [4.78, 5) is 12.5. The smallest absolute Gasteiger partial charge is 0.266 e. The van der Waals surface area contributed by atoms with Crippen LogP contribution >= 0.6 is 34.8 Å². The Bertz CT molecular complexity index is 1030. The molecule has 0 fully saturated rings. The normalized spacial score (nSPS) is 12.4. The second-order valence-electron chi connectivity index (χ2n) is 6.50. The van der Waals surface area contributed by atoms with Crippen molar-refractivity contribution in [3.05, 3.63) is 69.6 Å². The number of halogens is 4. The molecule has 146 valence electrons. The number of carbonyl (C=O) groups excluding carboxylic acids is 1. The minimum Gasteiger partial charge on any atom is -1.00 e. The number of hydrogen-bond donors (Lipinski definition) is 1. The summed E-state index contributed by atoms with van der Waals surface area (Å²) in [7, 11) is 0. The van der Waals surface area contributed by atoms with Gasteiger partial charge in [-0.25, -0.2) is 9.13 Å². The highest BCUT2D eigenvalue weighted by Gasteiger charge is 2.29. The molecule has 2 aromatic carbocycles. The minimum atomic E-state index is -0.0942. The van der Waals surface area contributed by atoms with E-state index < -0.39 is 0 Å². The molecule has 0 radical (unpaired) electrons. The summed E-state index contributed by atoms with van der Waals surface area (Å²) in [6.45, 7) is 1.16. The van der Waals surface area contributed by atoms with Crippen LogP contribution in [0.1, 0.15) is 12.2 Å². The lowest BCUT2D eigenvalue weighted by Crippen LogP contribution is -3.00. The van der Waals surface area contributed by atoms with Crippen LogP contribution in [0, 0.1) is 0 Å². The minimum absolute atomic E-state index is 0. The van der Waals surface area contributed by atoms with Crippen LogP contribution in [0.15, 0.2) is 48.7 Å². The molecule has 4 rings (SSSR count). The quantitative estimate of drug-likeness (QED) is 0.599. The molecule has 28 heavy (non-hydrogen) atoms. The third-order valence-corrected chi connectivity index (χ3v) is 5.61. The Morgan fingerprint density at radius 2 is 1.93 bits per heavy atom. The van der Waals surface area contributed by atoms with E-state index in [2.05, 4.69) is 9.88 Å². The van der Waals surface area contributed by atoms with E-state index in [0.717, 1.165) is 36.5 Å². The Hall–Kier alpha value is -1.72. The average molecular weight is 457 g/mol. The van der Waals surface area contributed by atoms with E-state index in [-0.39, 0.29) is 24.9 Å². The molecule has 1 aromatic heterocycles. The topological polar surface area (TPSA) is 37.9 Å². The molecule has 2 heterocycles. The number of benzene rings is 2. The summed E-state index contributed by atoms with van der Waals surface area (Å²) in [5, 5.41) is 4.54. The number of rotatable bonds is 4. The van der Waals surface area contributed by atoms with E-state index in [4.69, 9.17) is 34.8 Å². The maximum Gasteiger partial charge on any atom is 0.266 e. The van der Waals surface area contributed by atoms with Crippen molar-refractivity contribution in [2.24, 2.45) is 0 Å². The van der Waals surface area contributed by atoms with Crippen LogP contribution in [0.2, 0.25) is 15.1 Å². The van der Waals surface area contributed by atoms with Crippen molar-refractivity contribution in [2.45, 2.75) is 25.9 Å². The first-order valence-corrected chi connectivity index (χ1v) is 9.77. The molecule has 1 N–H and O–H groups in total. The lowest BCUT2D eigenvalue weighted by Gasteiger charge is -2.04. The van der Waals surface area contributed by atoms with Crippen LogP contribution in [0.4, 0.5) is 5.69 Å². The van der Waals surface area contributed by atoms with Crippen molar-refractivity contribution in [1.82, 2.24) is 4.57 Å². The van der Waals surface area contributed by atoms with Gasteiger partial charge >= 0.3 is 0 Å². The Kier molecular flexibility index (Phi) is 6.56. The zero-order valence-electron chi connectivity index (χ0n) is 14.8. The third-order valence-electron chi connectivity index (χ3n) is 4.63. The summed E-state index contributed by atoms with van der Waals surface area (Å²) in [6, 6.07) is 12.7. The number of anilines is 1. The summed E-state index contributed by atoms with van der Waals surface area (Å²) >= 11 is 18.2. The van der Waals surface area contributed by atoms with Gasteiger partial charge in [0, 0.05) is 16.3 Å². The molecule has 4 nitrogen and oxygen atoms in total. The van der Waals surface area contributed by atoms with Crippen LogP contribution in [0.3, 0.4) is 0 Å². The van der Waals surface area contributed by atoms with E-state index in [1.165, 1.54) is 0 Å². The molecule has 1 aliphatic rings. The van der Waals surface area contributed by atoms with Gasteiger partial charge in [0.15, 0.2) is 12.2 Å². The second kappa shape index (κ2) is 8.75. The first-order chi connectivity index (χ1) is 13.0. The van der Waals surface area contributed by atoms with Gasteiger partial charge in [-0.2, -0.15) is 0 Å². The molecular formula is C20H17Cl4N3O. The number of fused-ring (bicyclic) bond motifs is 1. The number of amides is 1. The Labute approximate surface area is 184 Å². The van der Waals surface area contributed by atoms with Crippen LogP contribution in [0.25, 0.3) is 11.3 Å². The molecule has 1 amide bonds. The van der Waals surface area contributed by atoms with Gasteiger partial charge in [-0.1, -0.05) is 40.9 Å². The van der Waals surface area contributed by atoms with Crippen molar-refractivity contribution in [3.8, 4) is 11.3 Å². The van der Waals surface area contributed by atoms with Gasteiger partial charge in [-0.15, -0.1) is 0 Å². The molecule has 3 aromatic rings. The highest BCUT2D eigenvalue weighted by Crippen LogP contribution is 2.30. The van der Waals surface area contributed by atoms with Gasteiger partial charge in [0.1, 0.15) is 6.20 Å². The van der Waals surface area contributed by atoms with Crippen molar-refractivity contribution >= 4 is 46.4 Å². The van der Waals surface area contributed by atoms with Gasteiger partial charge in [0.2, 0.25) is 0 Å². The summed E-state index contributed by atoms with van der Waals surface area (Å²) in [6.07, 6.45) is 4.00. The predicted octanol–water partition coefficient (Wildman–Crippen LogP) is 1.99. The average Bonchev–Trinajstić information content (AvgIpc) is 3.21. The van der Waals surface area contributed by atoms with Gasteiger partial charge in [-0.3, -0.25) is 4.79 Å².